The summed E-state index contributed by atoms with van der Waals surface area (Å²) in [6.45, 7) is 3.78. The van der Waals surface area contributed by atoms with Crippen LogP contribution >= 0.6 is 11.8 Å². The van der Waals surface area contributed by atoms with Crippen molar-refractivity contribution in [3.63, 3.8) is 0 Å². The second-order valence-corrected chi connectivity index (χ2v) is 6.11. The summed E-state index contributed by atoms with van der Waals surface area (Å²) in [5.74, 6) is 0. The molecule has 0 unspecified atom stereocenters. The first-order valence-electron chi connectivity index (χ1n) is 7.14. The summed E-state index contributed by atoms with van der Waals surface area (Å²) in [4.78, 5) is 17.7. The van der Waals surface area contributed by atoms with Crippen LogP contribution in [0.15, 0.2) is 52.8 Å². The van der Waals surface area contributed by atoms with Gasteiger partial charge in [0.2, 0.25) is 0 Å². The van der Waals surface area contributed by atoms with Crippen LogP contribution in [0.2, 0.25) is 0 Å². The number of rotatable bonds is 3. The van der Waals surface area contributed by atoms with Crippen LogP contribution in [0.3, 0.4) is 0 Å². The average Bonchev–Trinajstić information content (AvgIpc) is 3.06. The molecule has 0 aliphatic heterocycles. The van der Waals surface area contributed by atoms with Gasteiger partial charge in [0.1, 0.15) is 0 Å². The summed E-state index contributed by atoms with van der Waals surface area (Å²) in [7, 11) is 1.94. The Morgan fingerprint density at radius 3 is 2.61 bits per heavy atom. The summed E-state index contributed by atoms with van der Waals surface area (Å²) in [5, 5.41) is 8.06. The van der Waals surface area contributed by atoms with Gasteiger partial charge < -0.3 is 9.88 Å². The van der Waals surface area contributed by atoms with E-state index in [-0.39, 0.29) is 6.03 Å². The molecule has 2 aromatic heterocycles. The fraction of sp³-hybridized carbons (Fsp3) is 0.188. The van der Waals surface area contributed by atoms with Gasteiger partial charge >= 0.3 is 6.03 Å². The predicted molar refractivity (Wildman–Crippen MR) is 89.9 cm³/mol. The van der Waals surface area contributed by atoms with E-state index in [2.05, 4.69) is 15.4 Å². The number of amides is 1. The molecule has 0 aliphatic carbocycles. The molecule has 0 fully saturated rings. The van der Waals surface area contributed by atoms with Gasteiger partial charge in [-0.05, 0) is 37.7 Å². The minimum Gasteiger partial charge on any atom is -0.329 e. The van der Waals surface area contributed by atoms with Crippen LogP contribution in [0.1, 0.15) is 11.4 Å². The molecule has 3 aromatic rings. The number of benzene rings is 1. The molecular formula is C16H17N5OS. The molecule has 0 bridgehead atoms. The largest absolute Gasteiger partial charge is 0.346 e. The topological polar surface area (TPSA) is 64.7 Å². The fourth-order valence-electron chi connectivity index (χ4n) is 2.21. The molecule has 118 valence electrons. The molecule has 0 radical (unpaired) electrons. The lowest BCUT2D eigenvalue weighted by molar-refractivity contribution is 0.250. The van der Waals surface area contributed by atoms with Gasteiger partial charge in [-0.1, -0.05) is 18.2 Å². The highest BCUT2D eigenvalue weighted by Crippen LogP contribution is 2.31. The number of aromatic nitrogens is 4. The molecule has 0 aliphatic rings. The third kappa shape index (κ3) is 3.14. The second-order valence-electron chi connectivity index (χ2n) is 5.13. The molecular weight excluding hydrogens is 310 g/mol. The van der Waals surface area contributed by atoms with Gasteiger partial charge in [0.05, 0.1) is 16.3 Å². The Bertz CT molecular complexity index is 838. The minimum absolute atomic E-state index is 0.275. The van der Waals surface area contributed by atoms with E-state index in [1.165, 1.54) is 16.4 Å². The molecule has 0 saturated carbocycles. The van der Waals surface area contributed by atoms with E-state index in [0.29, 0.717) is 0 Å². The third-order valence-electron chi connectivity index (χ3n) is 3.41. The van der Waals surface area contributed by atoms with E-state index in [4.69, 9.17) is 0 Å². The number of carbonyl (C=O) groups excluding carboxylic acids is 1. The Morgan fingerprint density at radius 1 is 1.22 bits per heavy atom. The van der Waals surface area contributed by atoms with Crippen molar-refractivity contribution in [1.82, 2.24) is 19.3 Å². The van der Waals surface area contributed by atoms with Crippen molar-refractivity contribution in [3.05, 3.63) is 54.1 Å². The maximum Gasteiger partial charge on any atom is 0.346 e. The molecule has 23 heavy (non-hydrogen) atoms. The summed E-state index contributed by atoms with van der Waals surface area (Å²) < 4.78 is 3.33. The van der Waals surface area contributed by atoms with E-state index >= 15 is 0 Å². The number of nitrogens with one attached hydrogen (secondary N) is 1. The van der Waals surface area contributed by atoms with Gasteiger partial charge in [-0.2, -0.15) is 9.78 Å². The number of imidazole rings is 1. The molecule has 0 atom stereocenters. The number of hydrogen-bond donors (Lipinski definition) is 1. The Balaban J connectivity index is 1.85. The van der Waals surface area contributed by atoms with E-state index in [1.54, 1.807) is 6.20 Å². The van der Waals surface area contributed by atoms with E-state index in [0.717, 1.165) is 27.1 Å². The number of hydrogen-bond acceptors (Lipinski definition) is 4. The number of aryl methyl sites for hydroxylation is 2. The number of anilines is 1. The minimum atomic E-state index is -0.275. The molecule has 1 amide bonds. The summed E-state index contributed by atoms with van der Waals surface area (Å²) >= 11 is 1.51. The Morgan fingerprint density at radius 2 is 1.96 bits per heavy atom. The van der Waals surface area contributed by atoms with Gasteiger partial charge in [0.25, 0.3) is 0 Å². The first kappa shape index (κ1) is 15.4. The molecule has 6 nitrogen and oxygen atoms in total. The lowest BCUT2D eigenvalue weighted by atomic mass is 10.3. The molecule has 0 spiro atoms. The van der Waals surface area contributed by atoms with Crippen molar-refractivity contribution in [3.8, 4) is 0 Å². The highest BCUT2D eigenvalue weighted by Gasteiger charge is 2.18. The van der Waals surface area contributed by atoms with Crippen molar-refractivity contribution in [2.45, 2.75) is 23.9 Å². The Kier molecular flexibility index (Phi) is 4.20. The monoisotopic (exact) mass is 327 g/mol. The normalized spacial score (nSPS) is 10.7. The molecule has 3 rings (SSSR count). The van der Waals surface area contributed by atoms with Gasteiger partial charge in [-0.25, -0.2) is 9.78 Å². The van der Waals surface area contributed by atoms with E-state index < -0.39 is 0 Å². The highest BCUT2D eigenvalue weighted by molar-refractivity contribution is 7.99. The van der Waals surface area contributed by atoms with Crippen molar-refractivity contribution in [2.75, 3.05) is 5.32 Å². The van der Waals surface area contributed by atoms with Crippen LogP contribution in [-0.2, 0) is 7.05 Å². The van der Waals surface area contributed by atoms with Crippen molar-refractivity contribution in [2.24, 2.45) is 7.05 Å². The quantitative estimate of drug-likeness (QED) is 0.800. The van der Waals surface area contributed by atoms with Crippen LogP contribution in [0.25, 0.3) is 0 Å². The van der Waals surface area contributed by atoms with E-state index in [9.17, 15) is 4.79 Å². The number of para-hydroxylation sites is 1. The van der Waals surface area contributed by atoms with Gasteiger partial charge in [-0.3, -0.25) is 0 Å². The predicted octanol–water partition coefficient (Wildman–Crippen LogP) is 3.46. The molecule has 0 saturated heterocycles. The first-order valence-corrected chi connectivity index (χ1v) is 7.95. The standard InChI is InChI=1S/C16H17N5OS/c1-11-14(23-16-17-9-10-20(16)3)12(2)21(19-11)15(22)18-13-7-5-4-6-8-13/h4-10H,1-3H3,(H,18,22). The van der Waals surface area contributed by atoms with E-state index in [1.807, 2.05) is 62.0 Å². The molecule has 2 heterocycles. The summed E-state index contributed by atoms with van der Waals surface area (Å²) in [6, 6.07) is 9.06. The first-order chi connectivity index (χ1) is 11.1. The maximum absolute atomic E-state index is 12.4. The smallest absolute Gasteiger partial charge is 0.329 e. The zero-order chi connectivity index (χ0) is 16.4. The van der Waals surface area contributed by atoms with Crippen LogP contribution in [0.4, 0.5) is 10.5 Å². The Labute approximate surface area is 138 Å². The third-order valence-corrected chi connectivity index (χ3v) is 4.78. The van der Waals surface area contributed by atoms with Crippen molar-refractivity contribution < 1.29 is 4.79 Å². The van der Waals surface area contributed by atoms with Crippen LogP contribution in [0.5, 0.6) is 0 Å². The van der Waals surface area contributed by atoms with Gasteiger partial charge in [0.15, 0.2) is 5.16 Å². The fourth-order valence-corrected chi connectivity index (χ4v) is 3.14. The molecule has 1 aromatic carbocycles. The lowest BCUT2D eigenvalue weighted by Crippen LogP contribution is -2.21. The van der Waals surface area contributed by atoms with Crippen LogP contribution in [-0.4, -0.2) is 25.4 Å². The number of carbonyl (C=O) groups is 1. The molecule has 7 heteroatoms. The Hall–Kier alpha value is -2.54. The summed E-state index contributed by atoms with van der Waals surface area (Å²) in [5.41, 5.74) is 2.34. The van der Waals surface area contributed by atoms with Gasteiger partial charge in [0, 0.05) is 25.1 Å². The zero-order valence-electron chi connectivity index (χ0n) is 13.1. The van der Waals surface area contributed by atoms with Crippen LogP contribution < -0.4 is 5.32 Å². The average molecular weight is 327 g/mol. The maximum atomic E-state index is 12.4. The van der Waals surface area contributed by atoms with Crippen LogP contribution in [0, 0.1) is 13.8 Å². The highest BCUT2D eigenvalue weighted by atomic mass is 32.2. The van der Waals surface area contributed by atoms with Gasteiger partial charge in [-0.15, -0.1) is 0 Å². The molecule has 1 N–H and O–H groups in total. The summed E-state index contributed by atoms with van der Waals surface area (Å²) in [6.07, 6.45) is 3.64. The second kappa shape index (κ2) is 6.29. The van der Waals surface area contributed by atoms with Crippen molar-refractivity contribution in [1.29, 1.82) is 0 Å². The number of nitrogens with zero attached hydrogens (tertiary/aromatic N) is 4. The SMILES string of the molecule is Cc1nn(C(=O)Nc2ccccc2)c(C)c1Sc1nccn1C. The van der Waals surface area contributed by atoms with Crippen molar-refractivity contribution >= 4 is 23.5 Å². The lowest BCUT2D eigenvalue weighted by Gasteiger charge is -2.06. The zero-order valence-corrected chi connectivity index (χ0v) is 14.0.